The standard InChI is InChI=1S/C13H25N3O2.HI/c1-2-18-12(17)8-7-9-15-13(14)16-10-5-3-4-6-11-16;/h2-11H2,1H3,(H2,14,15);1H. The Balaban J connectivity index is 0.00000324. The largest absolute Gasteiger partial charge is 0.466 e. The van der Waals surface area contributed by atoms with Crippen LogP contribution in [0.3, 0.4) is 0 Å². The highest BCUT2D eigenvalue weighted by atomic mass is 127. The SMILES string of the molecule is CCOC(=O)CCCN=C(N)N1CCCCCC1.I. The van der Waals surface area contributed by atoms with E-state index < -0.39 is 0 Å². The van der Waals surface area contributed by atoms with Crippen LogP contribution in [0.4, 0.5) is 0 Å². The molecule has 1 saturated heterocycles. The molecule has 112 valence electrons. The molecular formula is C13H26IN3O2. The van der Waals surface area contributed by atoms with E-state index in [-0.39, 0.29) is 29.9 Å². The van der Waals surface area contributed by atoms with Gasteiger partial charge < -0.3 is 15.4 Å². The van der Waals surface area contributed by atoms with Crippen LogP contribution >= 0.6 is 24.0 Å². The van der Waals surface area contributed by atoms with Crippen molar-refractivity contribution in [3.05, 3.63) is 0 Å². The van der Waals surface area contributed by atoms with Gasteiger partial charge in [0, 0.05) is 26.1 Å². The summed E-state index contributed by atoms with van der Waals surface area (Å²) in [7, 11) is 0. The number of hydrogen-bond donors (Lipinski definition) is 1. The lowest BCUT2D eigenvalue weighted by atomic mass is 10.2. The van der Waals surface area contributed by atoms with Gasteiger partial charge in [-0.05, 0) is 26.2 Å². The fraction of sp³-hybridized carbons (Fsp3) is 0.846. The smallest absolute Gasteiger partial charge is 0.305 e. The quantitative estimate of drug-likeness (QED) is 0.260. The number of hydrogen-bond acceptors (Lipinski definition) is 3. The maximum Gasteiger partial charge on any atom is 0.305 e. The van der Waals surface area contributed by atoms with Crippen molar-refractivity contribution < 1.29 is 9.53 Å². The van der Waals surface area contributed by atoms with E-state index in [4.69, 9.17) is 10.5 Å². The second-order valence-corrected chi connectivity index (χ2v) is 4.55. The second-order valence-electron chi connectivity index (χ2n) is 4.55. The van der Waals surface area contributed by atoms with Crippen LogP contribution in [0.2, 0.25) is 0 Å². The average Bonchev–Trinajstić information content (AvgIpc) is 2.63. The lowest BCUT2D eigenvalue weighted by molar-refractivity contribution is -0.143. The average molecular weight is 383 g/mol. The zero-order valence-electron chi connectivity index (χ0n) is 11.8. The van der Waals surface area contributed by atoms with Crippen molar-refractivity contribution in [1.29, 1.82) is 0 Å². The fourth-order valence-corrected chi connectivity index (χ4v) is 2.05. The van der Waals surface area contributed by atoms with Crippen molar-refractivity contribution in [2.45, 2.75) is 45.4 Å². The van der Waals surface area contributed by atoms with Crippen LogP contribution in [-0.2, 0) is 9.53 Å². The third kappa shape index (κ3) is 8.28. The van der Waals surface area contributed by atoms with Gasteiger partial charge in [-0.1, -0.05) is 12.8 Å². The van der Waals surface area contributed by atoms with Crippen LogP contribution in [0, 0.1) is 0 Å². The molecule has 0 radical (unpaired) electrons. The first-order chi connectivity index (χ1) is 8.74. The summed E-state index contributed by atoms with van der Waals surface area (Å²) in [4.78, 5) is 17.6. The lowest BCUT2D eigenvalue weighted by Gasteiger charge is -2.21. The lowest BCUT2D eigenvalue weighted by Crippen LogP contribution is -2.38. The van der Waals surface area contributed by atoms with Crippen molar-refractivity contribution in [2.24, 2.45) is 10.7 Å². The van der Waals surface area contributed by atoms with Crippen LogP contribution in [0.15, 0.2) is 4.99 Å². The van der Waals surface area contributed by atoms with Gasteiger partial charge in [0.05, 0.1) is 6.61 Å². The first-order valence-corrected chi connectivity index (χ1v) is 6.94. The Kier molecular flexibility index (Phi) is 11.0. The molecule has 1 aliphatic heterocycles. The Morgan fingerprint density at radius 3 is 2.47 bits per heavy atom. The van der Waals surface area contributed by atoms with E-state index in [1.54, 1.807) is 0 Å². The minimum absolute atomic E-state index is 0. The van der Waals surface area contributed by atoms with Gasteiger partial charge in [-0.25, -0.2) is 0 Å². The molecular weight excluding hydrogens is 357 g/mol. The molecule has 0 saturated carbocycles. The zero-order valence-corrected chi connectivity index (χ0v) is 14.1. The van der Waals surface area contributed by atoms with E-state index in [9.17, 15) is 4.79 Å². The Morgan fingerprint density at radius 1 is 1.26 bits per heavy atom. The molecule has 0 amide bonds. The Labute approximate surface area is 133 Å². The van der Waals surface area contributed by atoms with Crippen LogP contribution in [0.25, 0.3) is 0 Å². The van der Waals surface area contributed by atoms with Gasteiger partial charge >= 0.3 is 5.97 Å². The normalized spacial score (nSPS) is 16.5. The number of carbonyl (C=O) groups is 1. The molecule has 6 heteroatoms. The maximum atomic E-state index is 11.1. The maximum absolute atomic E-state index is 11.1. The number of aliphatic imine (C=N–C) groups is 1. The first kappa shape index (κ1) is 18.5. The van der Waals surface area contributed by atoms with Crippen molar-refractivity contribution >= 4 is 35.9 Å². The van der Waals surface area contributed by atoms with E-state index in [0.717, 1.165) is 13.1 Å². The third-order valence-electron chi connectivity index (χ3n) is 3.05. The van der Waals surface area contributed by atoms with Crippen LogP contribution in [-0.4, -0.2) is 43.1 Å². The summed E-state index contributed by atoms with van der Waals surface area (Å²) in [5, 5.41) is 0. The number of guanidine groups is 1. The summed E-state index contributed by atoms with van der Waals surface area (Å²) in [6.07, 6.45) is 6.08. The molecule has 2 N–H and O–H groups in total. The van der Waals surface area contributed by atoms with Gasteiger partial charge in [0.15, 0.2) is 5.96 Å². The molecule has 1 heterocycles. The number of halogens is 1. The molecule has 0 spiro atoms. The number of nitrogens with zero attached hydrogens (tertiary/aromatic N) is 2. The zero-order chi connectivity index (χ0) is 13.2. The van der Waals surface area contributed by atoms with E-state index in [0.29, 0.717) is 32.0 Å². The summed E-state index contributed by atoms with van der Waals surface area (Å²) in [6.45, 7) is 4.87. The summed E-state index contributed by atoms with van der Waals surface area (Å²) in [5.41, 5.74) is 5.95. The van der Waals surface area contributed by atoms with E-state index in [1.807, 2.05) is 6.92 Å². The van der Waals surface area contributed by atoms with E-state index >= 15 is 0 Å². The highest BCUT2D eigenvalue weighted by molar-refractivity contribution is 14.0. The summed E-state index contributed by atoms with van der Waals surface area (Å²) >= 11 is 0. The number of likely N-dealkylation sites (tertiary alicyclic amines) is 1. The van der Waals surface area contributed by atoms with E-state index in [1.165, 1.54) is 25.7 Å². The highest BCUT2D eigenvalue weighted by Gasteiger charge is 2.10. The number of esters is 1. The number of nitrogens with two attached hydrogens (primary N) is 1. The monoisotopic (exact) mass is 383 g/mol. The molecule has 19 heavy (non-hydrogen) atoms. The van der Waals surface area contributed by atoms with Gasteiger partial charge in [0.1, 0.15) is 0 Å². The minimum atomic E-state index is -0.152. The van der Waals surface area contributed by atoms with Crippen LogP contribution in [0.5, 0.6) is 0 Å². The second kappa shape index (κ2) is 11.3. The molecule has 0 bridgehead atoms. The first-order valence-electron chi connectivity index (χ1n) is 6.94. The molecule has 0 aromatic carbocycles. The molecule has 0 atom stereocenters. The predicted octanol–water partition coefficient (Wildman–Crippen LogP) is 2.14. The Hall–Kier alpha value is -0.530. The van der Waals surface area contributed by atoms with Gasteiger partial charge in [0.25, 0.3) is 0 Å². The molecule has 0 aromatic heterocycles. The van der Waals surface area contributed by atoms with Crippen LogP contribution < -0.4 is 5.73 Å². The molecule has 0 aromatic rings. The Bertz CT molecular complexity index is 277. The topological polar surface area (TPSA) is 67.9 Å². The van der Waals surface area contributed by atoms with E-state index in [2.05, 4.69) is 9.89 Å². The summed E-state index contributed by atoms with van der Waals surface area (Å²) in [5.74, 6) is 0.474. The predicted molar refractivity (Wildman–Crippen MR) is 87.8 cm³/mol. The van der Waals surface area contributed by atoms with Crippen molar-refractivity contribution in [3.8, 4) is 0 Å². The van der Waals surface area contributed by atoms with Gasteiger partial charge in [-0.3, -0.25) is 9.79 Å². The molecule has 1 fully saturated rings. The fourth-order valence-electron chi connectivity index (χ4n) is 2.05. The molecule has 1 rings (SSSR count). The highest BCUT2D eigenvalue weighted by Crippen LogP contribution is 2.09. The molecule has 0 unspecified atom stereocenters. The molecule has 0 aliphatic carbocycles. The number of ether oxygens (including phenoxy) is 1. The minimum Gasteiger partial charge on any atom is -0.466 e. The van der Waals surface area contributed by atoms with Gasteiger partial charge in [-0.15, -0.1) is 24.0 Å². The van der Waals surface area contributed by atoms with Crippen molar-refractivity contribution in [2.75, 3.05) is 26.2 Å². The molecule has 5 nitrogen and oxygen atoms in total. The van der Waals surface area contributed by atoms with Crippen molar-refractivity contribution in [3.63, 3.8) is 0 Å². The van der Waals surface area contributed by atoms with Gasteiger partial charge in [-0.2, -0.15) is 0 Å². The van der Waals surface area contributed by atoms with Gasteiger partial charge in [0.2, 0.25) is 0 Å². The third-order valence-corrected chi connectivity index (χ3v) is 3.05. The summed E-state index contributed by atoms with van der Waals surface area (Å²) in [6, 6.07) is 0. The number of rotatable bonds is 5. The van der Waals surface area contributed by atoms with Crippen molar-refractivity contribution in [1.82, 2.24) is 4.90 Å². The molecule has 1 aliphatic rings. The summed E-state index contributed by atoms with van der Waals surface area (Å²) < 4.78 is 4.85. The van der Waals surface area contributed by atoms with Crippen LogP contribution in [0.1, 0.15) is 45.4 Å². The Morgan fingerprint density at radius 2 is 1.89 bits per heavy atom. The number of carbonyl (C=O) groups excluding carboxylic acids is 1.